The van der Waals surface area contributed by atoms with Crippen LogP contribution in [-0.2, 0) is 6.54 Å². The first-order valence-corrected chi connectivity index (χ1v) is 7.80. The number of hydrogen-bond acceptors (Lipinski definition) is 4. The summed E-state index contributed by atoms with van der Waals surface area (Å²) in [5.74, 6) is -0.125. The van der Waals surface area contributed by atoms with E-state index in [0.29, 0.717) is 18.1 Å². The van der Waals surface area contributed by atoms with Crippen LogP contribution in [0.25, 0.3) is 0 Å². The van der Waals surface area contributed by atoms with Crippen LogP contribution < -0.4 is 10.6 Å². The topological polar surface area (TPSA) is 66.9 Å². The maximum Gasteiger partial charge on any atom is 0.272 e. The summed E-state index contributed by atoms with van der Waals surface area (Å²) in [5.41, 5.74) is 3.11. The minimum absolute atomic E-state index is 0.233. The number of halogens is 1. The second-order valence-corrected chi connectivity index (χ2v) is 5.60. The lowest BCUT2D eigenvalue weighted by molar-refractivity contribution is 0.0945. The van der Waals surface area contributed by atoms with Crippen LogP contribution in [0, 0.1) is 12.7 Å². The lowest BCUT2D eigenvalue weighted by Crippen LogP contribution is -2.24. The maximum absolute atomic E-state index is 12.9. The van der Waals surface area contributed by atoms with Crippen LogP contribution in [0.2, 0.25) is 0 Å². The van der Waals surface area contributed by atoms with Gasteiger partial charge in [0, 0.05) is 12.2 Å². The van der Waals surface area contributed by atoms with Crippen molar-refractivity contribution in [3.63, 3.8) is 0 Å². The molecular formula is C19H17FN4O. The average molecular weight is 336 g/mol. The second-order valence-electron chi connectivity index (χ2n) is 5.60. The molecule has 0 bridgehead atoms. The van der Waals surface area contributed by atoms with E-state index in [9.17, 15) is 9.18 Å². The van der Waals surface area contributed by atoms with E-state index in [-0.39, 0.29) is 17.4 Å². The van der Waals surface area contributed by atoms with Crippen molar-refractivity contribution in [1.29, 1.82) is 0 Å². The lowest BCUT2D eigenvalue weighted by Gasteiger charge is -2.07. The smallest absolute Gasteiger partial charge is 0.272 e. The van der Waals surface area contributed by atoms with Gasteiger partial charge in [-0.05, 0) is 48.9 Å². The van der Waals surface area contributed by atoms with E-state index >= 15 is 0 Å². The largest absolute Gasteiger partial charge is 0.347 e. The summed E-state index contributed by atoms with van der Waals surface area (Å²) in [6, 6.07) is 17.1. The fourth-order valence-electron chi connectivity index (χ4n) is 2.18. The Morgan fingerprint density at radius 1 is 0.960 bits per heavy atom. The number of aryl methyl sites for hydroxylation is 1. The van der Waals surface area contributed by atoms with Crippen LogP contribution >= 0.6 is 0 Å². The normalized spacial score (nSPS) is 10.3. The standard InChI is InChI=1S/C19H17FN4O/c1-13-2-4-14(5-3-13)12-21-19(25)17-10-11-18(24-23-17)22-16-8-6-15(20)7-9-16/h2-11H,12H2,1H3,(H,21,25)(H,22,24). The van der Waals surface area contributed by atoms with Crippen molar-refractivity contribution in [3.05, 3.63) is 83.3 Å². The molecule has 0 atom stereocenters. The van der Waals surface area contributed by atoms with E-state index in [1.807, 2.05) is 31.2 Å². The van der Waals surface area contributed by atoms with Crippen molar-refractivity contribution in [2.45, 2.75) is 13.5 Å². The number of carbonyl (C=O) groups excluding carboxylic acids is 1. The van der Waals surface area contributed by atoms with Gasteiger partial charge >= 0.3 is 0 Å². The Balaban J connectivity index is 1.58. The fraction of sp³-hybridized carbons (Fsp3) is 0.105. The molecule has 0 aliphatic carbocycles. The summed E-state index contributed by atoms with van der Waals surface area (Å²) in [7, 11) is 0. The Morgan fingerprint density at radius 2 is 1.68 bits per heavy atom. The molecule has 0 saturated heterocycles. The van der Waals surface area contributed by atoms with Gasteiger partial charge in [0.05, 0.1) is 0 Å². The first kappa shape index (κ1) is 16.6. The molecule has 2 N–H and O–H groups in total. The summed E-state index contributed by atoms with van der Waals surface area (Å²) in [5, 5.41) is 13.7. The number of nitrogens with one attached hydrogen (secondary N) is 2. The number of carbonyl (C=O) groups is 1. The first-order chi connectivity index (χ1) is 12.1. The quantitative estimate of drug-likeness (QED) is 0.747. The van der Waals surface area contributed by atoms with Gasteiger partial charge in [-0.1, -0.05) is 29.8 Å². The van der Waals surface area contributed by atoms with Gasteiger partial charge in [0.25, 0.3) is 5.91 Å². The lowest BCUT2D eigenvalue weighted by atomic mass is 10.1. The molecular weight excluding hydrogens is 319 g/mol. The highest BCUT2D eigenvalue weighted by atomic mass is 19.1. The van der Waals surface area contributed by atoms with Gasteiger partial charge in [-0.15, -0.1) is 10.2 Å². The molecule has 6 heteroatoms. The molecule has 0 aliphatic heterocycles. The molecule has 0 unspecified atom stereocenters. The molecule has 25 heavy (non-hydrogen) atoms. The highest BCUT2D eigenvalue weighted by Crippen LogP contribution is 2.14. The molecule has 1 aromatic heterocycles. The molecule has 2 aromatic carbocycles. The Morgan fingerprint density at radius 3 is 2.32 bits per heavy atom. The zero-order valence-corrected chi connectivity index (χ0v) is 13.7. The van der Waals surface area contributed by atoms with E-state index in [1.54, 1.807) is 24.3 Å². The van der Waals surface area contributed by atoms with Crippen molar-refractivity contribution in [1.82, 2.24) is 15.5 Å². The minimum Gasteiger partial charge on any atom is -0.347 e. The van der Waals surface area contributed by atoms with Gasteiger partial charge in [0.15, 0.2) is 11.5 Å². The van der Waals surface area contributed by atoms with E-state index in [2.05, 4.69) is 20.8 Å². The molecule has 1 heterocycles. The molecule has 0 fully saturated rings. The molecule has 0 radical (unpaired) electrons. The third-order valence-corrected chi connectivity index (χ3v) is 3.59. The molecule has 3 rings (SSSR count). The number of benzene rings is 2. The summed E-state index contributed by atoms with van der Waals surface area (Å²) < 4.78 is 12.9. The van der Waals surface area contributed by atoms with Gasteiger partial charge in [-0.3, -0.25) is 4.79 Å². The zero-order chi connectivity index (χ0) is 17.6. The molecule has 0 spiro atoms. The number of aromatic nitrogens is 2. The predicted molar refractivity (Wildman–Crippen MR) is 94.1 cm³/mol. The van der Waals surface area contributed by atoms with Gasteiger partial charge in [-0.25, -0.2) is 4.39 Å². The molecule has 1 amide bonds. The Hall–Kier alpha value is -3.28. The van der Waals surface area contributed by atoms with Crippen molar-refractivity contribution in [2.24, 2.45) is 0 Å². The van der Waals surface area contributed by atoms with E-state index in [1.165, 1.54) is 17.7 Å². The molecule has 3 aromatic rings. The minimum atomic E-state index is -0.308. The summed E-state index contributed by atoms with van der Waals surface area (Å²) in [6.07, 6.45) is 0. The van der Waals surface area contributed by atoms with Gasteiger partial charge in [0.2, 0.25) is 0 Å². The van der Waals surface area contributed by atoms with E-state index < -0.39 is 0 Å². The monoisotopic (exact) mass is 336 g/mol. The third kappa shape index (κ3) is 4.60. The van der Waals surface area contributed by atoms with Crippen molar-refractivity contribution < 1.29 is 9.18 Å². The number of rotatable bonds is 5. The SMILES string of the molecule is Cc1ccc(CNC(=O)c2ccc(Nc3ccc(F)cc3)nn2)cc1. The van der Waals surface area contributed by atoms with Crippen molar-refractivity contribution in [2.75, 3.05) is 5.32 Å². The number of hydrogen-bond donors (Lipinski definition) is 2. The number of nitrogens with zero attached hydrogens (tertiary/aromatic N) is 2. The Kier molecular flexibility index (Phi) is 4.99. The molecule has 0 saturated carbocycles. The fourth-order valence-corrected chi connectivity index (χ4v) is 2.18. The average Bonchev–Trinajstić information content (AvgIpc) is 2.63. The molecule has 5 nitrogen and oxygen atoms in total. The summed E-state index contributed by atoms with van der Waals surface area (Å²) in [4.78, 5) is 12.1. The second kappa shape index (κ2) is 7.53. The number of amides is 1. The van der Waals surface area contributed by atoms with Crippen LogP contribution in [0.5, 0.6) is 0 Å². The zero-order valence-electron chi connectivity index (χ0n) is 13.7. The van der Waals surface area contributed by atoms with Gasteiger partial charge in [-0.2, -0.15) is 0 Å². The van der Waals surface area contributed by atoms with E-state index in [0.717, 1.165) is 5.56 Å². The predicted octanol–water partition coefficient (Wildman–Crippen LogP) is 3.60. The van der Waals surface area contributed by atoms with Crippen LogP contribution in [-0.4, -0.2) is 16.1 Å². The van der Waals surface area contributed by atoms with E-state index in [4.69, 9.17) is 0 Å². The Labute approximate surface area is 144 Å². The number of anilines is 2. The highest BCUT2D eigenvalue weighted by Gasteiger charge is 2.08. The maximum atomic E-state index is 12.9. The van der Waals surface area contributed by atoms with Gasteiger partial charge < -0.3 is 10.6 Å². The molecule has 0 aliphatic rings. The van der Waals surface area contributed by atoms with Crippen LogP contribution in [0.15, 0.2) is 60.7 Å². The van der Waals surface area contributed by atoms with Crippen LogP contribution in [0.1, 0.15) is 21.6 Å². The summed E-state index contributed by atoms with van der Waals surface area (Å²) in [6.45, 7) is 2.44. The Bertz CT molecular complexity index is 846. The third-order valence-electron chi connectivity index (χ3n) is 3.59. The molecule has 126 valence electrons. The summed E-state index contributed by atoms with van der Waals surface area (Å²) >= 11 is 0. The van der Waals surface area contributed by atoms with Crippen LogP contribution in [0.3, 0.4) is 0 Å². The first-order valence-electron chi connectivity index (χ1n) is 7.80. The highest BCUT2D eigenvalue weighted by molar-refractivity contribution is 5.92. The van der Waals surface area contributed by atoms with Crippen molar-refractivity contribution >= 4 is 17.4 Å². The van der Waals surface area contributed by atoms with Crippen LogP contribution in [0.4, 0.5) is 15.9 Å². The van der Waals surface area contributed by atoms with Gasteiger partial charge in [0.1, 0.15) is 5.82 Å². The van der Waals surface area contributed by atoms with Crippen molar-refractivity contribution in [3.8, 4) is 0 Å².